The lowest BCUT2D eigenvalue weighted by molar-refractivity contribution is -0.136. The highest BCUT2D eigenvalue weighted by Crippen LogP contribution is 2.37. The predicted molar refractivity (Wildman–Crippen MR) is 105 cm³/mol. The molecule has 8 heteroatoms. The van der Waals surface area contributed by atoms with E-state index in [4.69, 9.17) is 4.42 Å². The third kappa shape index (κ3) is 4.02. The molecule has 3 heterocycles. The summed E-state index contributed by atoms with van der Waals surface area (Å²) >= 11 is 0. The van der Waals surface area contributed by atoms with Gasteiger partial charge >= 0.3 is 11.8 Å². The Morgan fingerprint density at radius 1 is 1.17 bits per heavy atom. The molecule has 3 N–H and O–H groups in total. The normalized spacial score (nSPS) is 16.2. The van der Waals surface area contributed by atoms with Crippen LogP contribution in [-0.4, -0.2) is 35.9 Å². The predicted octanol–water partition coefficient (Wildman–Crippen LogP) is 1.68. The number of anilines is 2. The number of nitrogens with one attached hydrogen (secondary N) is 2. The van der Waals surface area contributed by atoms with Crippen molar-refractivity contribution in [1.29, 1.82) is 0 Å². The summed E-state index contributed by atoms with van der Waals surface area (Å²) in [5.41, 5.74) is 3.59. The maximum absolute atomic E-state index is 12.2. The highest BCUT2D eigenvalue weighted by atomic mass is 16.4. The van der Waals surface area contributed by atoms with Gasteiger partial charge in [0.25, 0.3) is 0 Å². The number of carbonyl (C=O) groups is 3. The van der Waals surface area contributed by atoms with Gasteiger partial charge in [0.05, 0.1) is 12.0 Å². The highest BCUT2D eigenvalue weighted by molar-refractivity contribution is 6.39. The monoisotopic (exact) mass is 397 g/mol. The van der Waals surface area contributed by atoms with Gasteiger partial charge in [-0.25, -0.2) is 0 Å². The third-order valence-corrected chi connectivity index (χ3v) is 5.31. The molecule has 0 spiro atoms. The largest absolute Gasteiger partial charge is 0.467 e. The molecule has 1 aromatic carbocycles. The van der Waals surface area contributed by atoms with E-state index in [0.717, 1.165) is 36.2 Å². The molecule has 4 rings (SSSR count). The van der Waals surface area contributed by atoms with E-state index in [2.05, 4.69) is 10.6 Å². The van der Waals surface area contributed by atoms with Crippen molar-refractivity contribution in [3.8, 4) is 0 Å². The Balaban J connectivity index is 1.36. The number of amides is 3. The lowest BCUT2D eigenvalue weighted by Gasteiger charge is -2.35. The van der Waals surface area contributed by atoms with Crippen molar-refractivity contribution in [3.05, 3.63) is 47.4 Å². The summed E-state index contributed by atoms with van der Waals surface area (Å²) < 4.78 is 5.10. The summed E-state index contributed by atoms with van der Waals surface area (Å²) in [5.74, 6) is -0.963. The Morgan fingerprint density at radius 3 is 2.72 bits per heavy atom. The smallest absolute Gasteiger partial charge is 0.313 e. The SMILES string of the molecule is O=C(NCCC(O)c1ccco1)C(=O)Nc1cc2c3c(c1)CCC(=O)N3CCC2. The van der Waals surface area contributed by atoms with Gasteiger partial charge in [-0.15, -0.1) is 0 Å². The molecular formula is C21H23N3O5. The summed E-state index contributed by atoms with van der Waals surface area (Å²) in [7, 11) is 0. The van der Waals surface area contributed by atoms with E-state index in [9.17, 15) is 19.5 Å². The van der Waals surface area contributed by atoms with Crippen molar-refractivity contribution in [1.82, 2.24) is 5.32 Å². The molecule has 0 aliphatic carbocycles. The van der Waals surface area contributed by atoms with Gasteiger partial charge in [0.1, 0.15) is 11.9 Å². The van der Waals surface area contributed by atoms with Crippen molar-refractivity contribution < 1.29 is 23.9 Å². The van der Waals surface area contributed by atoms with E-state index in [1.807, 2.05) is 17.0 Å². The molecule has 152 valence electrons. The first-order valence-electron chi connectivity index (χ1n) is 9.80. The van der Waals surface area contributed by atoms with Crippen LogP contribution in [0, 0.1) is 0 Å². The number of aliphatic hydroxyl groups excluding tert-OH is 1. The number of hydrogen-bond acceptors (Lipinski definition) is 5. The number of carbonyl (C=O) groups excluding carboxylic acids is 3. The molecule has 1 unspecified atom stereocenters. The van der Waals surface area contributed by atoms with E-state index in [1.165, 1.54) is 6.26 Å². The van der Waals surface area contributed by atoms with Gasteiger partial charge in [0.2, 0.25) is 5.91 Å². The first kappa shape index (κ1) is 19.2. The Hall–Kier alpha value is -3.13. The molecule has 2 aliphatic rings. The topological polar surface area (TPSA) is 112 Å². The van der Waals surface area contributed by atoms with Gasteiger partial charge < -0.3 is 25.1 Å². The molecule has 1 aromatic heterocycles. The summed E-state index contributed by atoms with van der Waals surface area (Å²) in [6.45, 7) is 0.872. The first-order chi connectivity index (χ1) is 14.0. The summed E-state index contributed by atoms with van der Waals surface area (Å²) in [6, 6.07) is 7.01. The molecule has 2 aromatic rings. The van der Waals surface area contributed by atoms with Gasteiger partial charge in [-0.05, 0) is 61.1 Å². The Morgan fingerprint density at radius 2 is 1.97 bits per heavy atom. The average Bonchev–Trinajstić information content (AvgIpc) is 3.25. The molecule has 8 nitrogen and oxygen atoms in total. The van der Waals surface area contributed by atoms with Crippen molar-refractivity contribution in [2.75, 3.05) is 23.3 Å². The van der Waals surface area contributed by atoms with Crippen LogP contribution in [0.15, 0.2) is 34.9 Å². The molecular weight excluding hydrogens is 374 g/mol. The van der Waals surface area contributed by atoms with Crippen LogP contribution in [0.4, 0.5) is 11.4 Å². The zero-order chi connectivity index (χ0) is 20.4. The number of rotatable bonds is 5. The maximum Gasteiger partial charge on any atom is 0.313 e. The van der Waals surface area contributed by atoms with E-state index >= 15 is 0 Å². The Kier molecular flexibility index (Phi) is 5.35. The van der Waals surface area contributed by atoms with Crippen LogP contribution in [0.25, 0.3) is 0 Å². The number of nitrogens with zero attached hydrogens (tertiary/aromatic N) is 1. The molecule has 0 bridgehead atoms. The van der Waals surface area contributed by atoms with Gasteiger partial charge in [0, 0.05) is 25.2 Å². The standard InChI is InChI=1S/C21H23N3O5/c25-16(17-4-2-10-29-17)7-8-22-20(27)21(28)23-15-11-13-3-1-9-24-18(26)6-5-14(12-15)19(13)24/h2,4,10-12,16,25H,1,3,5-9H2,(H,22,27)(H,23,28). The van der Waals surface area contributed by atoms with Crippen LogP contribution < -0.4 is 15.5 Å². The van der Waals surface area contributed by atoms with Crippen LogP contribution in [-0.2, 0) is 27.2 Å². The second-order valence-electron chi connectivity index (χ2n) is 7.32. The fourth-order valence-electron chi connectivity index (χ4n) is 3.94. The second-order valence-corrected chi connectivity index (χ2v) is 7.32. The molecule has 0 saturated carbocycles. The molecule has 0 fully saturated rings. The minimum atomic E-state index is -0.840. The molecule has 0 radical (unpaired) electrons. The summed E-state index contributed by atoms with van der Waals surface area (Å²) in [4.78, 5) is 38.3. The van der Waals surface area contributed by atoms with Crippen molar-refractivity contribution in [2.24, 2.45) is 0 Å². The second kappa shape index (κ2) is 8.08. The van der Waals surface area contributed by atoms with E-state index in [1.54, 1.807) is 12.1 Å². The van der Waals surface area contributed by atoms with E-state index < -0.39 is 17.9 Å². The van der Waals surface area contributed by atoms with E-state index in [0.29, 0.717) is 24.3 Å². The number of aliphatic hydroxyl groups is 1. The number of hydrogen-bond donors (Lipinski definition) is 3. The van der Waals surface area contributed by atoms with Crippen LogP contribution in [0.5, 0.6) is 0 Å². The number of furan rings is 1. The quantitative estimate of drug-likeness (QED) is 0.665. The Bertz CT molecular complexity index is 921. The first-order valence-corrected chi connectivity index (χ1v) is 9.80. The van der Waals surface area contributed by atoms with Crippen molar-refractivity contribution >= 4 is 29.1 Å². The average molecular weight is 397 g/mol. The minimum Gasteiger partial charge on any atom is -0.467 e. The number of benzene rings is 1. The highest BCUT2D eigenvalue weighted by Gasteiger charge is 2.30. The molecule has 1 atom stereocenters. The van der Waals surface area contributed by atoms with Crippen LogP contribution >= 0.6 is 0 Å². The lowest BCUT2D eigenvalue weighted by atomic mass is 9.91. The summed E-state index contributed by atoms with van der Waals surface area (Å²) in [6.07, 6.45) is 3.68. The molecule has 0 saturated heterocycles. The fourth-order valence-corrected chi connectivity index (χ4v) is 3.94. The van der Waals surface area contributed by atoms with Gasteiger partial charge in [-0.2, -0.15) is 0 Å². The zero-order valence-corrected chi connectivity index (χ0v) is 15.9. The molecule has 3 amide bonds. The van der Waals surface area contributed by atoms with Crippen LogP contribution in [0.3, 0.4) is 0 Å². The number of aryl methyl sites for hydroxylation is 2. The summed E-state index contributed by atoms with van der Waals surface area (Å²) in [5, 5.41) is 15.1. The van der Waals surface area contributed by atoms with Gasteiger partial charge in [-0.1, -0.05) is 0 Å². The van der Waals surface area contributed by atoms with Crippen LogP contribution in [0.2, 0.25) is 0 Å². The lowest BCUT2D eigenvalue weighted by Crippen LogP contribution is -2.39. The van der Waals surface area contributed by atoms with E-state index in [-0.39, 0.29) is 18.9 Å². The Labute approximate surface area is 167 Å². The fraction of sp³-hybridized carbons (Fsp3) is 0.381. The third-order valence-electron chi connectivity index (χ3n) is 5.31. The van der Waals surface area contributed by atoms with Crippen LogP contribution in [0.1, 0.15) is 42.3 Å². The van der Waals surface area contributed by atoms with Gasteiger partial charge in [0.15, 0.2) is 0 Å². The molecule has 29 heavy (non-hydrogen) atoms. The maximum atomic E-state index is 12.2. The van der Waals surface area contributed by atoms with Gasteiger partial charge in [-0.3, -0.25) is 14.4 Å². The molecule has 2 aliphatic heterocycles. The van der Waals surface area contributed by atoms with Crippen molar-refractivity contribution in [3.63, 3.8) is 0 Å². The van der Waals surface area contributed by atoms with Crippen molar-refractivity contribution in [2.45, 2.75) is 38.2 Å². The minimum absolute atomic E-state index is 0.140. The zero-order valence-electron chi connectivity index (χ0n) is 15.9.